The summed E-state index contributed by atoms with van der Waals surface area (Å²) in [7, 11) is -1.15. The van der Waals surface area contributed by atoms with Crippen molar-refractivity contribution < 1.29 is 27.1 Å². The third-order valence-corrected chi connectivity index (χ3v) is 5.46. The molecule has 1 aromatic rings. The van der Waals surface area contributed by atoms with Crippen LogP contribution in [-0.4, -0.2) is 53.3 Å². The monoisotopic (exact) mass is 360 g/mol. The summed E-state index contributed by atoms with van der Waals surface area (Å²) >= 11 is 0. The lowest BCUT2D eigenvalue weighted by atomic mass is 9.97. The van der Waals surface area contributed by atoms with Gasteiger partial charge in [0.1, 0.15) is 0 Å². The van der Waals surface area contributed by atoms with Crippen LogP contribution in [0.2, 0.25) is 0 Å². The quantitative estimate of drug-likeness (QED) is 0.862. The standard InChI is InChI=1S/C15H21FN2O5S/c1-22-14-4-3-12(9-13(14)16)24(20,21)17-10-11-5-7-18(8-6-11)15(19)23-2/h3-4,9,11,17H,5-8,10H2,1-2H3. The van der Waals surface area contributed by atoms with Gasteiger partial charge >= 0.3 is 6.09 Å². The minimum atomic E-state index is -3.79. The lowest BCUT2D eigenvalue weighted by Crippen LogP contribution is -2.41. The molecule has 7 nitrogen and oxygen atoms in total. The minimum Gasteiger partial charge on any atom is -0.494 e. The molecular weight excluding hydrogens is 339 g/mol. The highest BCUT2D eigenvalue weighted by Crippen LogP contribution is 2.21. The smallest absolute Gasteiger partial charge is 0.409 e. The van der Waals surface area contributed by atoms with E-state index in [2.05, 4.69) is 9.46 Å². The molecule has 1 N–H and O–H groups in total. The van der Waals surface area contributed by atoms with Gasteiger partial charge in [-0.2, -0.15) is 0 Å². The van der Waals surface area contributed by atoms with Gasteiger partial charge in [-0.25, -0.2) is 22.3 Å². The van der Waals surface area contributed by atoms with Crippen molar-refractivity contribution in [1.82, 2.24) is 9.62 Å². The summed E-state index contributed by atoms with van der Waals surface area (Å²) < 4.78 is 50.1. The summed E-state index contributed by atoms with van der Waals surface area (Å²) in [5.41, 5.74) is 0. The van der Waals surface area contributed by atoms with Crippen molar-refractivity contribution in [3.8, 4) is 5.75 Å². The lowest BCUT2D eigenvalue weighted by molar-refractivity contribution is 0.106. The van der Waals surface area contributed by atoms with Crippen LogP contribution < -0.4 is 9.46 Å². The van der Waals surface area contributed by atoms with Crippen LogP contribution >= 0.6 is 0 Å². The second kappa shape index (κ2) is 7.80. The number of hydrogen-bond donors (Lipinski definition) is 1. The Morgan fingerprint density at radius 2 is 2.00 bits per heavy atom. The van der Waals surface area contributed by atoms with Crippen molar-refractivity contribution in [2.24, 2.45) is 5.92 Å². The molecule has 1 fully saturated rings. The number of carbonyl (C=O) groups excluding carboxylic acids is 1. The topological polar surface area (TPSA) is 84.9 Å². The molecule has 2 rings (SSSR count). The van der Waals surface area contributed by atoms with E-state index < -0.39 is 15.8 Å². The van der Waals surface area contributed by atoms with Gasteiger partial charge in [-0.3, -0.25) is 0 Å². The molecule has 0 bridgehead atoms. The molecule has 9 heteroatoms. The van der Waals surface area contributed by atoms with Gasteiger partial charge in [0.15, 0.2) is 11.6 Å². The van der Waals surface area contributed by atoms with Crippen LogP contribution in [-0.2, 0) is 14.8 Å². The van der Waals surface area contributed by atoms with E-state index in [1.165, 1.54) is 26.4 Å². The first kappa shape index (κ1) is 18.5. The molecule has 0 aromatic heterocycles. The molecule has 24 heavy (non-hydrogen) atoms. The maximum absolute atomic E-state index is 13.7. The minimum absolute atomic E-state index is 0.0101. The molecule has 1 aliphatic heterocycles. The maximum atomic E-state index is 13.7. The Labute approximate surface area is 140 Å². The summed E-state index contributed by atoms with van der Waals surface area (Å²) in [5, 5.41) is 0. The highest BCUT2D eigenvalue weighted by molar-refractivity contribution is 7.89. The number of hydrogen-bond acceptors (Lipinski definition) is 5. The molecular formula is C15H21FN2O5S. The van der Waals surface area contributed by atoms with Crippen LogP contribution in [0.4, 0.5) is 9.18 Å². The predicted molar refractivity (Wildman–Crippen MR) is 84.8 cm³/mol. The van der Waals surface area contributed by atoms with E-state index in [1.54, 1.807) is 4.90 Å². The highest BCUT2D eigenvalue weighted by atomic mass is 32.2. The molecule has 0 aliphatic carbocycles. The SMILES string of the molecule is COC(=O)N1CCC(CNS(=O)(=O)c2ccc(OC)c(F)c2)CC1. The summed E-state index contributed by atoms with van der Waals surface area (Å²) in [5.74, 6) is -0.625. The zero-order valence-electron chi connectivity index (χ0n) is 13.6. The van der Waals surface area contributed by atoms with Crippen LogP contribution in [0.5, 0.6) is 5.75 Å². The number of likely N-dealkylation sites (tertiary alicyclic amines) is 1. The molecule has 1 aliphatic rings. The molecule has 0 atom stereocenters. The Hall–Kier alpha value is -1.87. The second-order valence-electron chi connectivity index (χ2n) is 5.55. The van der Waals surface area contributed by atoms with Crippen molar-refractivity contribution in [3.63, 3.8) is 0 Å². The predicted octanol–water partition coefficient (Wildman–Crippen LogP) is 1.59. The molecule has 1 saturated heterocycles. The molecule has 1 heterocycles. The zero-order valence-corrected chi connectivity index (χ0v) is 14.4. The van der Waals surface area contributed by atoms with E-state index in [4.69, 9.17) is 4.74 Å². The van der Waals surface area contributed by atoms with Gasteiger partial charge in [-0.15, -0.1) is 0 Å². The van der Waals surface area contributed by atoms with Crippen molar-refractivity contribution in [2.45, 2.75) is 17.7 Å². The first-order valence-corrected chi connectivity index (χ1v) is 9.01. The summed E-state index contributed by atoms with van der Waals surface area (Å²) in [6.45, 7) is 1.29. The van der Waals surface area contributed by atoms with E-state index in [9.17, 15) is 17.6 Å². The van der Waals surface area contributed by atoms with Gasteiger partial charge < -0.3 is 14.4 Å². The molecule has 0 saturated carbocycles. The Morgan fingerprint density at radius 3 is 2.54 bits per heavy atom. The number of nitrogens with zero attached hydrogens (tertiary/aromatic N) is 1. The lowest BCUT2D eigenvalue weighted by Gasteiger charge is -2.30. The Kier molecular flexibility index (Phi) is 6.00. The fourth-order valence-electron chi connectivity index (χ4n) is 2.57. The third-order valence-electron chi connectivity index (χ3n) is 4.04. The Morgan fingerprint density at radius 1 is 1.33 bits per heavy atom. The van der Waals surface area contributed by atoms with Crippen molar-refractivity contribution >= 4 is 16.1 Å². The van der Waals surface area contributed by atoms with Crippen LogP contribution in [0.15, 0.2) is 23.1 Å². The highest BCUT2D eigenvalue weighted by Gasteiger charge is 2.25. The number of rotatable bonds is 5. The molecule has 1 aromatic carbocycles. The van der Waals surface area contributed by atoms with Gasteiger partial charge in [0.25, 0.3) is 0 Å². The van der Waals surface area contributed by atoms with Crippen molar-refractivity contribution in [3.05, 3.63) is 24.0 Å². The van der Waals surface area contributed by atoms with Crippen LogP contribution in [0.25, 0.3) is 0 Å². The molecule has 1 amide bonds. The normalized spacial score (nSPS) is 16.0. The first-order valence-electron chi connectivity index (χ1n) is 7.53. The van der Waals surface area contributed by atoms with Crippen LogP contribution in [0, 0.1) is 11.7 Å². The summed E-state index contributed by atoms with van der Waals surface area (Å²) in [6.07, 6.45) is 0.978. The van der Waals surface area contributed by atoms with E-state index >= 15 is 0 Å². The van der Waals surface area contributed by atoms with Gasteiger partial charge in [0.05, 0.1) is 19.1 Å². The van der Waals surface area contributed by atoms with Crippen LogP contribution in [0.3, 0.4) is 0 Å². The van der Waals surface area contributed by atoms with Crippen molar-refractivity contribution in [1.29, 1.82) is 0 Å². The number of piperidine rings is 1. The van der Waals surface area contributed by atoms with Gasteiger partial charge in [-0.05, 0) is 37.0 Å². The van der Waals surface area contributed by atoms with E-state index in [-0.39, 0.29) is 29.2 Å². The van der Waals surface area contributed by atoms with E-state index in [1.807, 2.05) is 0 Å². The van der Waals surface area contributed by atoms with Gasteiger partial charge in [-0.1, -0.05) is 0 Å². The fourth-order valence-corrected chi connectivity index (χ4v) is 3.70. The molecule has 0 unspecified atom stereocenters. The maximum Gasteiger partial charge on any atom is 0.409 e. The zero-order chi connectivity index (χ0) is 17.7. The average molecular weight is 360 g/mol. The Bertz CT molecular complexity index is 687. The molecule has 0 radical (unpaired) electrons. The number of amides is 1. The molecule has 0 spiro atoms. The van der Waals surface area contributed by atoms with E-state index in [0.717, 1.165) is 6.07 Å². The number of nitrogens with one attached hydrogen (secondary N) is 1. The average Bonchev–Trinajstić information content (AvgIpc) is 2.59. The number of ether oxygens (including phenoxy) is 2. The first-order chi connectivity index (χ1) is 11.4. The van der Waals surface area contributed by atoms with Crippen molar-refractivity contribution in [2.75, 3.05) is 33.9 Å². The number of halogens is 1. The second-order valence-corrected chi connectivity index (χ2v) is 7.32. The number of methoxy groups -OCH3 is 2. The summed E-state index contributed by atoms with van der Waals surface area (Å²) in [6, 6.07) is 3.50. The largest absolute Gasteiger partial charge is 0.494 e. The number of sulfonamides is 1. The summed E-state index contributed by atoms with van der Waals surface area (Å²) in [4.78, 5) is 12.8. The number of carbonyl (C=O) groups is 1. The van der Waals surface area contributed by atoms with Gasteiger partial charge in [0.2, 0.25) is 10.0 Å². The van der Waals surface area contributed by atoms with E-state index in [0.29, 0.717) is 25.9 Å². The van der Waals surface area contributed by atoms with Gasteiger partial charge in [0, 0.05) is 19.6 Å². The van der Waals surface area contributed by atoms with Crippen LogP contribution in [0.1, 0.15) is 12.8 Å². The third kappa shape index (κ3) is 4.35. The number of benzene rings is 1. The fraction of sp³-hybridized carbons (Fsp3) is 0.533. The molecule has 134 valence electrons. The Balaban J connectivity index is 1.92.